The topological polar surface area (TPSA) is 42.0 Å². The van der Waals surface area contributed by atoms with E-state index in [1.807, 2.05) is 36.4 Å². The van der Waals surface area contributed by atoms with Gasteiger partial charge in [-0.1, -0.05) is 48.0 Å². The van der Waals surface area contributed by atoms with E-state index < -0.39 is 0 Å². The van der Waals surface area contributed by atoms with Crippen molar-refractivity contribution in [2.45, 2.75) is 0 Å². The fourth-order valence-corrected chi connectivity index (χ4v) is 2.38. The Kier molecular flexibility index (Phi) is 4.17. The van der Waals surface area contributed by atoms with Crippen LogP contribution >= 0.6 is 11.6 Å². The number of hydrogen-bond donors (Lipinski definition) is 1. The Labute approximate surface area is 133 Å². The second kappa shape index (κ2) is 6.41. The SMILES string of the molecule is O=C(Nc1cccnc1)c1cc(Cl)ccc1-c1ccccc1. The van der Waals surface area contributed by atoms with E-state index in [2.05, 4.69) is 10.3 Å². The van der Waals surface area contributed by atoms with Crippen molar-refractivity contribution >= 4 is 23.2 Å². The van der Waals surface area contributed by atoms with Crippen molar-refractivity contribution in [2.24, 2.45) is 0 Å². The van der Waals surface area contributed by atoms with Gasteiger partial charge in [0.1, 0.15) is 0 Å². The van der Waals surface area contributed by atoms with Crippen molar-refractivity contribution in [3.05, 3.63) is 83.6 Å². The third-order valence-electron chi connectivity index (χ3n) is 3.23. The molecule has 0 bridgehead atoms. The van der Waals surface area contributed by atoms with Crippen LogP contribution in [0.4, 0.5) is 5.69 Å². The van der Waals surface area contributed by atoms with Crippen molar-refractivity contribution in [3.8, 4) is 11.1 Å². The molecule has 108 valence electrons. The summed E-state index contributed by atoms with van der Waals surface area (Å²) in [5, 5.41) is 3.36. The molecule has 0 aliphatic heterocycles. The minimum atomic E-state index is -0.214. The Morgan fingerprint density at radius 3 is 2.55 bits per heavy atom. The second-order valence-electron chi connectivity index (χ2n) is 4.75. The Hall–Kier alpha value is -2.65. The number of halogens is 1. The first-order valence-electron chi connectivity index (χ1n) is 6.80. The number of rotatable bonds is 3. The highest BCUT2D eigenvalue weighted by Crippen LogP contribution is 2.27. The maximum atomic E-state index is 12.6. The molecule has 4 heteroatoms. The molecule has 0 atom stereocenters. The van der Waals surface area contributed by atoms with Crippen molar-refractivity contribution < 1.29 is 4.79 Å². The van der Waals surface area contributed by atoms with E-state index in [-0.39, 0.29) is 5.91 Å². The highest BCUT2D eigenvalue weighted by Gasteiger charge is 2.13. The normalized spacial score (nSPS) is 10.2. The molecule has 1 aromatic heterocycles. The summed E-state index contributed by atoms with van der Waals surface area (Å²) in [6.45, 7) is 0. The Balaban J connectivity index is 1.99. The van der Waals surface area contributed by atoms with Crippen molar-refractivity contribution in [2.75, 3.05) is 5.32 Å². The zero-order chi connectivity index (χ0) is 15.4. The molecule has 0 saturated carbocycles. The molecule has 0 spiro atoms. The zero-order valence-corrected chi connectivity index (χ0v) is 12.4. The van der Waals surface area contributed by atoms with E-state index in [1.165, 1.54) is 0 Å². The van der Waals surface area contributed by atoms with Gasteiger partial charge in [-0.2, -0.15) is 0 Å². The lowest BCUT2D eigenvalue weighted by atomic mass is 9.99. The van der Waals surface area contributed by atoms with E-state index >= 15 is 0 Å². The van der Waals surface area contributed by atoms with Gasteiger partial charge < -0.3 is 5.32 Å². The number of aromatic nitrogens is 1. The third kappa shape index (κ3) is 3.15. The number of carbonyl (C=O) groups excluding carboxylic acids is 1. The summed E-state index contributed by atoms with van der Waals surface area (Å²) >= 11 is 6.06. The monoisotopic (exact) mass is 308 g/mol. The fraction of sp³-hybridized carbons (Fsp3) is 0. The average Bonchev–Trinajstić information content (AvgIpc) is 2.56. The predicted octanol–water partition coefficient (Wildman–Crippen LogP) is 4.65. The first kappa shape index (κ1) is 14.3. The smallest absolute Gasteiger partial charge is 0.256 e. The average molecular weight is 309 g/mol. The van der Waals surface area contributed by atoms with Crippen LogP contribution in [0, 0.1) is 0 Å². The number of nitrogens with zero attached hydrogens (tertiary/aromatic N) is 1. The molecule has 0 aliphatic rings. The van der Waals surface area contributed by atoms with E-state index in [0.717, 1.165) is 11.1 Å². The summed E-state index contributed by atoms with van der Waals surface area (Å²) in [5.41, 5.74) is 2.98. The summed E-state index contributed by atoms with van der Waals surface area (Å²) in [4.78, 5) is 16.6. The first-order valence-corrected chi connectivity index (χ1v) is 7.18. The summed E-state index contributed by atoms with van der Waals surface area (Å²) in [6.07, 6.45) is 3.26. The number of pyridine rings is 1. The van der Waals surface area contributed by atoms with Crippen LogP contribution in [0.15, 0.2) is 73.1 Å². The minimum absolute atomic E-state index is 0.214. The van der Waals surface area contributed by atoms with Crippen LogP contribution in [-0.2, 0) is 0 Å². The Morgan fingerprint density at radius 2 is 1.82 bits per heavy atom. The van der Waals surface area contributed by atoms with Gasteiger partial charge in [-0.25, -0.2) is 0 Å². The standard InChI is InChI=1S/C18H13ClN2O/c19-14-8-9-16(13-5-2-1-3-6-13)17(11-14)18(22)21-15-7-4-10-20-12-15/h1-12H,(H,21,22). The molecule has 1 amide bonds. The van der Waals surface area contributed by atoms with E-state index in [0.29, 0.717) is 16.3 Å². The summed E-state index contributed by atoms with van der Waals surface area (Å²) in [5.74, 6) is -0.214. The lowest BCUT2D eigenvalue weighted by molar-refractivity contribution is 0.102. The molecule has 1 heterocycles. The van der Waals surface area contributed by atoms with Gasteiger partial charge in [0, 0.05) is 16.8 Å². The van der Waals surface area contributed by atoms with E-state index in [1.54, 1.807) is 36.7 Å². The maximum Gasteiger partial charge on any atom is 0.256 e. The number of nitrogens with one attached hydrogen (secondary N) is 1. The predicted molar refractivity (Wildman–Crippen MR) is 89.1 cm³/mol. The van der Waals surface area contributed by atoms with Gasteiger partial charge in [-0.3, -0.25) is 9.78 Å². The summed E-state index contributed by atoms with van der Waals surface area (Å²) in [6, 6.07) is 18.6. The molecular weight excluding hydrogens is 296 g/mol. The van der Waals surface area contributed by atoms with Crippen LogP contribution in [0.2, 0.25) is 5.02 Å². The number of hydrogen-bond acceptors (Lipinski definition) is 2. The molecule has 3 nitrogen and oxygen atoms in total. The largest absolute Gasteiger partial charge is 0.321 e. The van der Waals surface area contributed by atoms with E-state index in [9.17, 15) is 4.79 Å². The first-order chi connectivity index (χ1) is 10.7. The Morgan fingerprint density at radius 1 is 1.00 bits per heavy atom. The van der Waals surface area contributed by atoms with E-state index in [4.69, 9.17) is 11.6 Å². The van der Waals surface area contributed by atoms with Crippen LogP contribution < -0.4 is 5.32 Å². The number of amides is 1. The molecule has 3 aromatic rings. The number of carbonyl (C=O) groups is 1. The Bertz CT molecular complexity index is 789. The molecule has 0 radical (unpaired) electrons. The van der Waals surface area contributed by atoms with Crippen LogP contribution in [0.25, 0.3) is 11.1 Å². The highest BCUT2D eigenvalue weighted by molar-refractivity contribution is 6.31. The minimum Gasteiger partial charge on any atom is -0.321 e. The summed E-state index contributed by atoms with van der Waals surface area (Å²) in [7, 11) is 0. The molecule has 1 N–H and O–H groups in total. The van der Waals surface area contributed by atoms with Crippen LogP contribution in [-0.4, -0.2) is 10.9 Å². The van der Waals surface area contributed by atoms with Crippen LogP contribution in [0.1, 0.15) is 10.4 Å². The van der Waals surface area contributed by atoms with Gasteiger partial charge in [0.15, 0.2) is 0 Å². The van der Waals surface area contributed by atoms with Crippen molar-refractivity contribution in [1.82, 2.24) is 4.98 Å². The molecule has 3 rings (SSSR count). The molecule has 0 aliphatic carbocycles. The molecule has 0 saturated heterocycles. The fourth-order valence-electron chi connectivity index (χ4n) is 2.21. The second-order valence-corrected chi connectivity index (χ2v) is 5.19. The molecule has 22 heavy (non-hydrogen) atoms. The van der Waals surface area contributed by atoms with Crippen LogP contribution in [0.5, 0.6) is 0 Å². The van der Waals surface area contributed by atoms with Gasteiger partial charge in [-0.15, -0.1) is 0 Å². The lowest BCUT2D eigenvalue weighted by Crippen LogP contribution is -2.13. The number of benzene rings is 2. The van der Waals surface area contributed by atoms with Crippen molar-refractivity contribution in [3.63, 3.8) is 0 Å². The van der Waals surface area contributed by atoms with Gasteiger partial charge in [0.05, 0.1) is 11.9 Å². The van der Waals surface area contributed by atoms with Gasteiger partial charge in [0.2, 0.25) is 0 Å². The van der Waals surface area contributed by atoms with Gasteiger partial charge in [0.25, 0.3) is 5.91 Å². The van der Waals surface area contributed by atoms with Gasteiger partial charge in [-0.05, 0) is 35.4 Å². The summed E-state index contributed by atoms with van der Waals surface area (Å²) < 4.78 is 0. The molecule has 2 aromatic carbocycles. The zero-order valence-electron chi connectivity index (χ0n) is 11.7. The van der Waals surface area contributed by atoms with Crippen LogP contribution in [0.3, 0.4) is 0 Å². The molecule has 0 fully saturated rings. The third-order valence-corrected chi connectivity index (χ3v) is 3.47. The molecular formula is C18H13ClN2O. The highest BCUT2D eigenvalue weighted by atomic mass is 35.5. The quantitative estimate of drug-likeness (QED) is 0.765. The van der Waals surface area contributed by atoms with Gasteiger partial charge >= 0.3 is 0 Å². The lowest BCUT2D eigenvalue weighted by Gasteiger charge is -2.11. The molecule has 0 unspecified atom stereocenters. The van der Waals surface area contributed by atoms with Crippen molar-refractivity contribution in [1.29, 1.82) is 0 Å². The number of anilines is 1. The maximum absolute atomic E-state index is 12.6.